The Hall–Kier alpha value is -1.34. The van der Waals surface area contributed by atoms with Gasteiger partial charge in [0.25, 0.3) is 5.91 Å². The lowest BCUT2D eigenvalue weighted by molar-refractivity contribution is 0.102. The number of aromatic amines is 1. The lowest BCUT2D eigenvalue weighted by Crippen LogP contribution is -2.13. The molecule has 2 aromatic heterocycles. The quantitative estimate of drug-likeness (QED) is 0.635. The average Bonchev–Trinajstić information content (AvgIpc) is 2.89. The molecule has 5 heteroatoms. The van der Waals surface area contributed by atoms with Gasteiger partial charge in [-0.15, -0.1) is 11.3 Å². The third-order valence-corrected chi connectivity index (χ3v) is 4.73. The van der Waals surface area contributed by atoms with Crippen molar-refractivity contribution in [3.63, 3.8) is 0 Å². The maximum atomic E-state index is 12.2. The van der Waals surface area contributed by atoms with Gasteiger partial charge in [-0.05, 0) is 53.8 Å². The number of hydrogen-bond acceptors (Lipinski definition) is 2. The minimum absolute atomic E-state index is 0.106. The molecular formula is C14H11IN2OS. The molecule has 3 rings (SSSR count). The number of halogens is 1. The van der Waals surface area contributed by atoms with Crippen LogP contribution in [0.15, 0.2) is 36.4 Å². The average molecular weight is 382 g/mol. The van der Waals surface area contributed by atoms with Gasteiger partial charge in [-0.25, -0.2) is 0 Å². The van der Waals surface area contributed by atoms with Crippen molar-refractivity contribution in [3.05, 3.63) is 50.5 Å². The SMILES string of the molecule is Cc1cc2[nH]c(C(=O)Nc3ccccc3I)cc2s1. The van der Waals surface area contributed by atoms with Crippen molar-refractivity contribution in [1.82, 2.24) is 4.98 Å². The number of carbonyl (C=O) groups is 1. The zero-order valence-electron chi connectivity index (χ0n) is 10.2. The van der Waals surface area contributed by atoms with Gasteiger partial charge in [0.05, 0.1) is 15.9 Å². The van der Waals surface area contributed by atoms with Gasteiger partial charge >= 0.3 is 0 Å². The van der Waals surface area contributed by atoms with Crippen LogP contribution in [0, 0.1) is 10.5 Å². The van der Waals surface area contributed by atoms with Gasteiger partial charge in [0, 0.05) is 8.45 Å². The first kappa shape index (κ1) is 12.7. The van der Waals surface area contributed by atoms with Crippen molar-refractivity contribution < 1.29 is 4.79 Å². The summed E-state index contributed by atoms with van der Waals surface area (Å²) in [5, 5.41) is 2.92. The standard InChI is InChI=1S/C14H11IN2OS/c1-8-6-11-13(19-8)7-12(16-11)14(18)17-10-5-3-2-4-9(10)15/h2-7,16H,1H3,(H,17,18). The van der Waals surface area contributed by atoms with E-state index in [1.165, 1.54) is 4.88 Å². The smallest absolute Gasteiger partial charge is 0.272 e. The Morgan fingerprint density at radius 3 is 2.84 bits per heavy atom. The van der Waals surface area contributed by atoms with Crippen LogP contribution in [0.3, 0.4) is 0 Å². The van der Waals surface area contributed by atoms with Crippen LogP contribution >= 0.6 is 33.9 Å². The van der Waals surface area contributed by atoms with Crippen molar-refractivity contribution in [2.45, 2.75) is 6.92 Å². The second-order valence-corrected chi connectivity index (χ2v) is 6.70. The van der Waals surface area contributed by atoms with Crippen molar-refractivity contribution in [2.75, 3.05) is 5.32 Å². The minimum Gasteiger partial charge on any atom is -0.350 e. The van der Waals surface area contributed by atoms with E-state index in [1.54, 1.807) is 11.3 Å². The highest BCUT2D eigenvalue weighted by Gasteiger charge is 2.12. The molecule has 0 atom stereocenters. The molecule has 0 fully saturated rings. The molecule has 0 saturated heterocycles. The number of hydrogen-bond donors (Lipinski definition) is 2. The summed E-state index contributed by atoms with van der Waals surface area (Å²) in [5.41, 5.74) is 2.46. The van der Waals surface area contributed by atoms with E-state index in [9.17, 15) is 4.79 Å². The summed E-state index contributed by atoms with van der Waals surface area (Å²) in [7, 11) is 0. The number of para-hydroxylation sites is 1. The first-order chi connectivity index (χ1) is 9.13. The van der Waals surface area contributed by atoms with Crippen LogP contribution < -0.4 is 5.32 Å². The summed E-state index contributed by atoms with van der Waals surface area (Å²) in [5.74, 6) is -0.106. The number of rotatable bonds is 2. The highest BCUT2D eigenvalue weighted by atomic mass is 127. The van der Waals surface area contributed by atoms with Crippen LogP contribution in [-0.2, 0) is 0 Å². The molecule has 96 valence electrons. The lowest BCUT2D eigenvalue weighted by Gasteiger charge is -2.05. The van der Waals surface area contributed by atoms with Gasteiger partial charge in [0.2, 0.25) is 0 Å². The summed E-state index contributed by atoms with van der Waals surface area (Å²) in [6.07, 6.45) is 0. The van der Waals surface area contributed by atoms with E-state index in [0.717, 1.165) is 19.5 Å². The van der Waals surface area contributed by atoms with E-state index in [4.69, 9.17) is 0 Å². The van der Waals surface area contributed by atoms with Crippen molar-refractivity contribution in [1.29, 1.82) is 0 Å². The summed E-state index contributed by atoms with van der Waals surface area (Å²) in [6.45, 7) is 2.06. The van der Waals surface area contributed by atoms with Gasteiger partial charge in [-0.1, -0.05) is 12.1 Å². The molecular weight excluding hydrogens is 371 g/mol. The number of anilines is 1. The fraction of sp³-hybridized carbons (Fsp3) is 0.0714. The van der Waals surface area contributed by atoms with Gasteiger partial charge in [-0.2, -0.15) is 0 Å². The monoisotopic (exact) mass is 382 g/mol. The Morgan fingerprint density at radius 2 is 2.11 bits per heavy atom. The maximum Gasteiger partial charge on any atom is 0.272 e. The largest absolute Gasteiger partial charge is 0.350 e. The number of aromatic nitrogens is 1. The molecule has 0 radical (unpaired) electrons. The predicted molar refractivity (Wildman–Crippen MR) is 88.0 cm³/mol. The van der Waals surface area contributed by atoms with Crippen LogP contribution in [0.4, 0.5) is 5.69 Å². The summed E-state index contributed by atoms with van der Waals surface area (Å²) in [4.78, 5) is 16.6. The number of carbonyl (C=O) groups excluding carboxylic acids is 1. The molecule has 1 amide bonds. The molecule has 19 heavy (non-hydrogen) atoms. The molecule has 1 aromatic carbocycles. The van der Waals surface area contributed by atoms with Crippen molar-refractivity contribution in [3.8, 4) is 0 Å². The van der Waals surface area contributed by atoms with Gasteiger partial charge < -0.3 is 10.3 Å². The molecule has 0 aliphatic rings. The molecule has 0 saturated carbocycles. The number of aryl methyl sites for hydroxylation is 1. The highest BCUT2D eigenvalue weighted by Crippen LogP contribution is 2.26. The van der Waals surface area contributed by atoms with Crippen LogP contribution in [-0.4, -0.2) is 10.9 Å². The van der Waals surface area contributed by atoms with Gasteiger partial charge in [0.15, 0.2) is 0 Å². The number of amides is 1. The topological polar surface area (TPSA) is 44.9 Å². The number of benzene rings is 1. The van der Waals surface area contributed by atoms with E-state index in [1.807, 2.05) is 30.3 Å². The molecule has 0 bridgehead atoms. The second kappa shape index (κ2) is 4.97. The highest BCUT2D eigenvalue weighted by molar-refractivity contribution is 14.1. The van der Waals surface area contributed by atoms with E-state index < -0.39 is 0 Å². The third-order valence-electron chi connectivity index (χ3n) is 2.80. The summed E-state index contributed by atoms with van der Waals surface area (Å²) in [6, 6.07) is 11.7. The fourth-order valence-corrected chi connectivity index (χ4v) is 3.37. The Morgan fingerprint density at radius 1 is 1.32 bits per heavy atom. The Kier molecular flexibility index (Phi) is 3.32. The van der Waals surface area contributed by atoms with Crippen LogP contribution in [0.25, 0.3) is 10.2 Å². The number of thiophene rings is 1. The van der Waals surface area contributed by atoms with E-state index in [-0.39, 0.29) is 5.91 Å². The third kappa shape index (κ3) is 2.52. The minimum atomic E-state index is -0.106. The van der Waals surface area contributed by atoms with Gasteiger partial charge in [-0.3, -0.25) is 4.79 Å². The molecule has 2 N–H and O–H groups in total. The molecule has 2 heterocycles. The molecule has 0 spiro atoms. The van der Waals surface area contributed by atoms with Crippen LogP contribution in [0.5, 0.6) is 0 Å². The molecule has 3 aromatic rings. The maximum absolute atomic E-state index is 12.2. The number of H-pyrrole nitrogens is 1. The van der Waals surface area contributed by atoms with E-state index in [2.05, 4.69) is 45.9 Å². The number of fused-ring (bicyclic) bond motifs is 1. The second-order valence-electron chi connectivity index (χ2n) is 4.25. The first-order valence-corrected chi connectivity index (χ1v) is 7.68. The Bertz CT molecular complexity index is 728. The molecule has 0 aliphatic carbocycles. The number of nitrogens with one attached hydrogen (secondary N) is 2. The first-order valence-electron chi connectivity index (χ1n) is 5.78. The van der Waals surface area contributed by atoms with E-state index >= 15 is 0 Å². The van der Waals surface area contributed by atoms with Gasteiger partial charge in [0.1, 0.15) is 5.69 Å². The van der Waals surface area contributed by atoms with Crippen molar-refractivity contribution >= 4 is 55.7 Å². The lowest BCUT2D eigenvalue weighted by atomic mass is 10.3. The summed E-state index contributed by atoms with van der Waals surface area (Å²) < 4.78 is 2.14. The van der Waals surface area contributed by atoms with Crippen LogP contribution in [0.2, 0.25) is 0 Å². The normalized spacial score (nSPS) is 10.8. The van der Waals surface area contributed by atoms with E-state index in [0.29, 0.717) is 5.69 Å². The summed E-state index contributed by atoms with van der Waals surface area (Å²) >= 11 is 3.89. The Balaban J connectivity index is 1.87. The zero-order valence-corrected chi connectivity index (χ0v) is 13.1. The van der Waals surface area contributed by atoms with Crippen LogP contribution in [0.1, 0.15) is 15.4 Å². The van der Waals surface area contributed by atoms with Crippen molar-refractivity contribution in [2.24, 2.45) is 0 Å². The predicted octanol–water partition coefficient (Wildman–Crippen LogP) is 4.39. The fourth-order valence-electron chi connectivity index (χ4n) is 1.92. The molecule has 0 aliphatic heterocycles. The molecule has 0 unspecified atom stereocenters. The molecule has 3 nitrogen and oxygen atoms in total. The zero-order chi connectivity index (χ0) is 13.4. The Labute approximate surface area is 128 Å².